The molecular weight excluding hydrogens is 539 g/mol. The lowest BCUT2D eigenvalue weighted by Gasteiger charge is -2.29. The second-order valence-electron chi connectivity index (χ2n) is 9.03. The van der Waals surface area contributed by atoms with Crippen LogP contribution in [0.15, 0.2) is 48.8 Å². The smallest absolute Gasteiger partial charge is 0.232 e. The summed E-state index contributed by atoms with van der Waals surface area (Å²) in [4.78, 5) is 21.0. The van der Waals surface area contributed by atoms with E-state index in [1.165, 1.54) is 17.4 Å². The molecule has 3 N–H and O–H groups in total. The third kappa shape index (κ3) is 6.32. The quantitative estimate of drug-likeness (QED) is 0.269. The largest absolute Gasteiger partial charge is 0.368 e. The van der Waals surface area contributed by atoms with E-state index in [0.717, 1.165) is 36.9 Å². The number of nitrogens with zero attached hydrogens (tertiary/aromatic N) is 5. The van der Waals surface area contributed by atoms with Crippen molar-refractivity contribution >= 4 is 44.5 Å². The highest BCUT2D eigenvalue weighted by molar-refractivity contribution is 7.92. The Morgan fingerprint density at radius 3 is 2.67 bits per heavy atom. The molecule has 1 aliphatic heterocycles. The van der Waals surface area contributed by atoms with Crippen molar-refractivity contribution in [3.8, 4) is 21.8 Å². The summed E-state index contributed by atoms with van der Waals surface area (Å²) in [6.45, 7) is 7.34. The summed E-state index contributed by atoms with van der Waals surface area (Å²) in [7, 11) is -3.66. The number of hydrogen-bond donors (Lipinski definition) is 3. The third-order valence-electron chi connectivity index (χ3n) is 6.08. The van der Waals surface area contributed by atoms with Gasteiger partial charge < -0.3 is 15.5 Å². The van der Waals surface area contributed by atoms with E-state index in [1.54, 1.807) is 31.3 Å². The highest BCUT2D eigenvalue weighted by atomic mass is 32.2. The van der Waals surface area contributed by atoms with E-state index in [9.17, 15) is 8.42 Å². The summed E-state index contributed by atoms with van der Waals surface area (Å²) in [5, 5.41) is 7.19. The minimum absolute atomic E-state index is 0.0955. The predicted molar refractivity (Wildman–Crippen MR) is 154 cm³/mol. The summed E-state index contributed by atoms with van der Waals surface area (Å²) in [5.74, 6) is 0.158. The summed E-state index contributed by atoms with van der Waals surface area (Å²) in [5.41, 5.74) is 2.07. The molecule has 204 valence electrons. The monoisotopic (exact) mass is 568 g/mol. The van der Waals surface area contributed by atoms with E-state index >= 15 is 4.39 Å². The highest BCUT2D eigenvalue weighted by Gasteiger charge is 2.21. The van der Waals surface area contributed by atoms with E-state index in [0.29, 0.717) is 34.5 Å². The van der Waals surface area contributed by atoms with Crippen LogP contribution >= 0.6 is 11.3 Å². The number of pyridine rings is 1. The first-order valence-electron chi connectivity index (χ1n) is 12.6. The second kappa shape index (κ2) is 11.6. The number of aryl methyl sites for hydroxylation is 1. The van der Waals surface area contributed by atoms with Gasteiger partial charge in [-0.15, -0.1) is 11.3 Å². The lowest BCUT2D eigenvalue weighted by Crippen LogP contribution is -2.43. The van der Waals surface area contributed by atoms with Crippen LogP contribution in [-0.4, -0.2) is 60.3 Å². The Morgan fingerprint density at radius 2 is 1.92 bits per heavy atom. The average molecular weight is 569 g/mol. The fourth-order valence-electron chi connectivity index (χ4n) is 4.29. The van der Waals surface area contributed by atoms with Crippen LogP contribution in [0.5, 0.6) is 0 Å². The zero-order valence-corrected chi connectivity index (χ0v) is 23.2. The number of benzene rings is 1. The number of aromatic nitrogens is 4. The van der Waals surface area contributed by atoms with Gasteiger partial charge in [0.25, 0.3) is 0 Å². The number of thiazole rings is 1. The third-order valence-corrected chi connectivity index (χ3v) is 8.55. The molecule has 10 nitrogen and oxygen atoms in total. The second-order valence-corrected chi connectivity index (χ2v) is 12.1. The molecule has 0 amide bonds. The molecule has 0 spiro atoms. The minimum Gasteiger partial charge on any atom is -0.368 e. The first kappa shape index (κ1) is 26.9. The van der Waals surface area contributed by atoms with Crippen LogP contribution in [-0.2, 0) is 10.0 Å². The first-order valence-corrected chi connectivity index (χ1v) is 15.1. The number of hydrogen-bond acceptors (Lipinski definition) is 10. The van der Waals surface area contributed by atoms with E-state index in [1.807, 2.05) is 25.3 Å². The van der Waals surface area contributed by atoms with Crippen molar-refractivity contribution in [2.45, 2.75) is 20.3 Å². The van der Waals surface area contributed by atoms with E-state index < -0.39 is 15.8 Å². The van der Waals surface area contributed by atoms with Gasteiger partial charge in [-0.05, 0) is 43.7 Å². The Labute approximate surface area is 230 Å². The van der Waals surface area contributed by atoms with Gasteiger partial charge in [-0.25, -0.2) is 32.7 Å². The number of rotatable bonds is 9. The number of halogens is 1. The van der Waals surface area contributed by atoms with Gasteiger partial charge in [0.2, 0.25) is 16.0 Å². The maximum atomic E-state index is 15.5. The Hall–Kier alpha value is -3.68. The fourth-order valence-corrected chi connectivity index (χ4v) is 6.33. The Morgan fingerprint density at radius 1 is 1.10 bits per heavy atom. The topological polar surface area (TPSA) is 125 Å². The van der Waals surface area contributed by atoms with Crippen molar-refractivity contribution in [2.75, 3.05) is 46.9 Å². The van der Waals surface area contributed by atoms with Crippen molar-refractivity contribution < 1.29 is 12.8 Å². The maximum absolute atomic E-state index is 15.5. The van der Waals surface area contributed by atoms with Crippen LogP contribution in [0.4, 0.5) is 27.5 Å². The molecule has 5 rings (SSSR count). The normalized spacial score (nSPS) is 13.9. The molecule has 1 fully saturated rings. The van der Waals surface area contributed by atoms with Crippen molar-refractivity contribution in [1.82, 2.24) is 25.3 Å². The summed E-state index contributed by atoms with van der Waals surface area (Å²) < 4.78 is 42.4. The average Bonchev–Trinajstić information content (AvgIpc) is 3.32. The van der Waals surface area contributed by atoms with E-state index in [4.69, 9.17) is 0 Å². The summed E-state index contributed by atoms with van der Waals surface area (Å²) in [6.07, 6.45) is 3.86. The van der Waals surface area contributed by atoms with Crippen LogP contribution in [0.2, 0.25) is 0 Å². The SMILES string of the molecule is CCCS(=O)(=O)Nc1cccc(-c2nc(C)sc2-c2ccnc(Nc3ccc(N4CCNCC4)cn3)n2)c1F. The summed E-state index contributed by atoms with van der Waals surface area (Å²) in [6, 6.07) is 10.2. The zero-order valence-electron chi connectivity index (χ0n) is 21.6. The van der Waals surface area contributed by atoms with Crippen LogP contribution in [0.1, 0.15) is 18.4 Å². The molecule has 39 heavy (non-hydrogen) atoms. The Balaban J connectivity index is 1.41. The van der Waals surface area contributed by atoms with Crippen molar-refractivity contribution in [2.24, 2.45) is 0 Å². The van der Waals surface area contributed by atoms with Crippen LogP contribution in [0.25, 0.3) is 21.8 Å². The summed E-state index contributed by atoms with van der Waals surface area (Å²) >= 11 is 1.37. The van der Waals surface area contributed by atoms with E-state index in [2.05, 4.69) is 40.2 Å². The number of sulfonamides is 1. The van der Waals surface area contributed by atoms with Gasteiger partial charge in [0.15, 0.2) is 5.82 Å². The molecule has 0 bridgehead atoms. The Kier molecular flexibility index (Phi) is 8.00. The number of nitrogens with one attached hydrogen (secondary N) is 3. The van der Waals surface area contributed by atoms with Gasteiger partial charge in [0, 0.05) is 37.9 Å². The van der Waals surface area contributed by atoms with Crippen LogP contribution in [0.3, 0.4) is 0 Å². The highest BCUT2D eigenvalue weighted by Crippen LogP contribution is 2.38. The van der Waals surface area contributed by atoms with Gasteiger partial charge in [0.05, 0.1) is 44.6 Å². The molecule has 3 aromatic heterocycles. The molecule has 1 aromatic carbocycles. The Bertz CT molecular complexity index is 1550. The minimum atomic E-state index is -3.66. The van der Waals surface area contributed by atoms with Crippen molar-refractivity contribution in [3.05, 3.63) is 59.6 Å². The molecule has 0 unspecified atom stereocenters. The molecule has 0 saturated carbocycles. The fraction of sp³-hybridized carbons (Fsp3) is 0.308. The molecule has 4 aromatic rings. The molecule has 1 aliphatic rings. The van der Waals surface area contributed by atoms with Crippen molar-refractivity contribution in [1.29, 1.82) is 0 Å². The molecule has 13 heteroatoms. The molecule has 1 saturated heterocycles. The van der Waals surface area contributed by atoms with E-state index in [-0.39, 0.29) is 17.0 Å². The lowest BCUT2D eigenvalue weighted by atomic mass is 10.1. The van der Waals surface area contributed by atoms with Gasteiger partial charge >= 0.3 is 0 Å². The van der Waals surface area contributed by atoms with Gasteiger partial charge in [-0.2, -0.15) is 0 Å². The predicted octanol–water partition coefficient (Wildman–Crippen LogP) is 4.41. The lowest BCUT2D eigenvalue weighted by molar-refractivity contribution is 0.589. The number of piperazine rings is 1. The molecule has 4 heterocycles. The molecule has 0 atom stereocenters. The molecule has 0 aliphatic carbocycles. The van der Waals surface area contributed by atoms with Crippen LogP contribution < -0.4 is 20.3 Å². The first-order chi connectivity index (χ1) is 18.8. The maximum Gasteiger partial charge on any atom is 0.232 e. The van der Waals surface area contributed by atoms with Crippen molar-refractivity contribution in [3.63, 3.8) is 0 Å². The standard InChI is InChI=1S/C26H29FN8O2S2/c1-3-15-39(36,37)34-20-6-4-5-19(23(20)27)24-25(38-17(2)31-24)21-9-10-29-26(32-21)33-22-8-7-18(16-30-22)35-13-11-28-12-14-35/h4-10,16,28,34H,3,11-15H2,1-2H3,(H,29,30,32,33). The zero-order chi connectivity index (χ0) is 27.4. The van der Waals surface area contributed by atoms with Gasteiger partial charge in [0.1, 0.15) is 5.82 Å². The van der Waals surface area contributed by atoms with Crippen LogP contribution in [0, 0.1) is 12.7 Å². The van der Waals surface area contributed by atoms with Gasteiger partial charge in [-0.1, -0.05) is 13.0 Å². The molecule has 0 radical (unpaired) electrons. The van der Waals surface area contributed by atoms with Gasteiger partial charge in [-0.3, -0.25) is 4.72 Å². The molecular formula is C26H29FN8O2S2. The number of anilines is 4.